The second kappa shape index (κ2) is 6.32. The van der Waals surface area contributed by atoms with Gasteiger partial charge in [-0.2, -0.15) is 0 Å². The number of carbonyl (C=O) groups is 1. The first kappa shape index (κ1) is 14.9. The van der Waals surface area contributed by atoms with Crippen LogP contribution in [0.2, 0.25) is 0 Å². The van der Waals surface area contributed by atoms with Crippen molar-refractivity contribution in [2.24, 2.45) is 5.84 Å². The lowest BCUT2D eigenvalue weighted by atomic mass is 10.2. The maximum atomic E-state index is 11.5. The number of rotatable bonds is 5. The number of methoxy groups -OCH3 is 1. The number of hydrazine groups is 1. The molecule has 1 aromatic heterocycles. The zero-order valence-corrected chi connectivity index (χ0v) is 12.3. The summed E-state index contributed by atoms with van der Waals surface area (Å²) in [4.78, 5) is 13.5. The molecule has 0 aliphatic rings. The quantitative estimate of drug-likeness (QED) is 0.498. The highest BCUT2D eigenvalue weighted by molar-refractivity contribution is 5.91. The van der Waals surface area contributed by atoms with Crippen LogP contribution in [0.1, 0.15) is 21.9 Å². The third-order valence-electron chi connectivity index (χ3n) is 3.28. The Hall–Kier alpha value is -2.47. The molecule has 112 valence electrons. The van der Waals surface area contributed by atoms with Crippen molar-refractivity contribution >= 4 is 11.6 Å². The average molecular weight is 289 g/mol. The first-order valence-corrected chi connectivity index (χ1v) is 6.50. The molecule has 1 heterocycles. The van der Waals surface area contributed by atoms with Crippen LogP contribution in [0.4, 0.5) is 5.69 Å². The van der Waals surface area contributed by atoms with Gasteiger partial charge in [0, 0.05) is 30.9 Å². The molecular formula is C15H19N3O3. The number of ether oxygens (including phenoxy) is 1. The third kappa shape index (κ3) is 3.35. The van der Waals surface area contributed by atoms with Crippen LogP contribution in [-0.2, 0) is 6.54 Å². The fourth-order valence-electron chi connectivity index (χ4n) is 2.05. The van der Waals surface area contributed by atoms with Gasteiger partial charge in [-0.3, -0.25) is 10.2 Å². The number of carbonyl (C=O) groups excluding carboxylic acids is 1. The number of hydrogen-bond donors (Lipinski definition) is 2. The number of nitrogen functional groups attached to an aromatic ring is 1. The van der Waals surface area contributed by atoms with Crippen LogP contribution in [0.15, 0.2) is 34.7 Å². The van der Waals surface area contributed by atoms with Crippen LogP contribution < -0.4 is 20.9 Å². The van der Waals surface area contributed by atoms with Gasteiger partial charge in [0.05, 0.1) is 7.11 Å². The minimum Gasteiger partial charge on any atom is -0.497 e. The van der Waals surface area contributed by atoms with E-state index in [4.69, 9.17) is 15.0 Å². The average Bonchev–Trinajstić information content (AvgIpc) is 2.87. The number of benzene rings is 1. The molecule has 0 unspecified atom stereocenters. The second-order valence-electron chi connectivity index (χ2n) is 4.72. The van der Waals surface area contributed by atoms with Crippen LogP contribution in [0.25, 0.3) is 0 Å². The summed E-state index contributed by atoms with van der Waals surface area (Å²) in [7, 11) is 3.60. The largest absolute Gasteiger partial charge is 0.497 e. The molecule has 1 aromatic carbocycles. The minimum atomic E-state index is -0.437. The van der Waals surface area contributed by atoms with E-state index in [0.717, 1.165) is 17.0 Å². The maximum Gasteiger partial charge on any atom is 0.300 e. The third-order valence-corrected chi connectivity index (χ3v) is 3.28. The lowest BCUT2D eigenvalue weighted by Gasteiger charge is -2.19. The fraction of sp³-hybridized carbons (Fsp3) is 0.267. The summed E-state index contributed by atoms with van der Waals surface area (Å²) in [6, 6.07) is 9.47. The Morgan fingerprint density at radius 2 is 2.19 bits per heavy atom. The summed E-state index contributed by atoms with van der Waals surface area (Å²) >= 11 is 0. The molecule has 0 spiro atoms. The number of aryl methyl sites for hydroxylation is 1. The van der Waals surface area contributed by atoms with Crippen molar-refractivity contribution in [3.05, 3.63) is 47.4 Å². The molecule has 1 amide bonds. The smallest absolute Gasteiger partial charge is 0.300 e. The van der Waals surface area contributed by atoms with E-state index in [2.05, 4.69) is 5.43 Å². The van der Waals surface area contributed by atoms with Crippen molar-refractivity contribution in [2.75, 3.05) is 19.1 Å². The Morgan fingerprint density at radius 1 is 1.43 bits per heavy atom. The Labute approximate surface area is 123 Å². The van der Waals surface area contributed by atoms with Crippen molar-refractivity contribution in [2.45, 2.75) is 13.5 Å². The van der Waals surface area contributed by atoms with Gasteiger partial charge < -0.3 is 14.1 Å². The van der Waals surface area contributed by atoms with Crippen molar-refractivity contribution in [3.63, 3.8) is 0 Å². The SMILES string of the molecule is COc1cccc(N(C)Cc2cc(C(=O)NN)oc2C)c1. The van der Waals surface area contributed by atoms with E-state index in [9.17, 15) is 4.79 Å². The molecule has 0 radical (unpaired) electrons. The van der Waals surface area contributed by atoms with E-state index < -0.39 is 5.91 Å². The molecule has 3 N–H and O–H groups in total. The van der Waals surface area contributed by atoms with Gasteiger partial charge in [0.25, 0.3) is 0 Å². The molecule has 0 aliphatic carbocycles. The van der Waals surface area contributed by atoms with Gasteiger partial charge in [0.2, 0.25) is 0 Å². The molecule has 6 nitrogen and oxygen atoms in total. The Morgan fingerprint density at radius 3 is 2.86 bits per heavy atom. The molecule has 6 heteroatoms. The topological polar surface area (TPSA) is 80.7 Å². The van der Waals surface area contributed by atoms with Crippen LogP contribution in [-0.4, -0.2) is 20.1 Å². The second-order valence-corrected chi connectivity index (χ2v) is 4.72. The number of nitrogens with two attached hydrogens (primary N) is 1. The molecule has 0 fully saturated rings. The maximum absolute atomic E-state index is 11.5. The highest BCUT2D eigenvalue weighted by Gasteiger charge is 2.15. The number of anilines is 1. The minimum absolute atomic E-state index is 0.212. The Balaban J connectivity index is 2.17. The van der Waals surface area contributed by atoms with Crippen LogP contribution in [0.5, 0.6) is 5.75 Å². The van der Waals surface area contributed by atoms with E-state index >= 15 is 0 Å². The summed E-state index contributed by atoms with van der Waals surface area (Å²) in [6.07, 6.45) is 0. The zero-order valence-electron chi connectivity index (χ0n) is 12.3. The molecule has 0 saturated heterocycles. The van der Waals surface area contributed by atoms with Crippen molar-refractivity contribution < 1.29 is 13.9 Å². The van der Waals surface area contributed by atoms with Crippen molar-refractivity contribution in [1.29, 1.82) is 0 Å². The van der Waals surface area contributed by atoms with Gasteiger partial charge in [-0.1, -0.05) is 6.07 Å². The summed E-state index contributed by atoms with van der Waals surface area (Å²) in [6.45, 7) is 2.43. The van der Waals surface area contributed by atoms with E-state index in [1.807, 2.05) is 43.1 Å². The first-order valence-electron chi connectivity index (χ1n) is 6.50. The number of nitrogens with one attached hydrogen (secondary N) is 1. The monoisotopic (exact) mass is 289 g/mol. The summed E-state index contributed by atoms with van der Waals surface area (Å²) in [5.74, 6) is 6.37. The fourth-order valence-corrected chi connectivity index (χ4v) is 2.05. The van der Waals surface area contributed by atoms with Crippen LogP contribution in [0, 0.1) is 6.92 Å². The number of nitrogens with zero attached hydrogens (tertiary/aromatic N) is 1. The van der Waals surface area contributed by atoms with Crippen molar-refractivity contribution in [3.8, 4) is 5.75 Å². The van der Waals surface area contributed by atoms with E-state index in [1.54, 1.807) is 13.2 Å². The number of amides is 1. The molecule has 0 saturated carbocycles. The van der Waals surface area contributed by atoms with Gasteiger partial charge >= 0.3 is 5.91 Å². The molecule has 2 aromatic rings. The Bertz CT molecular complexity index is 637. The van der Waals surface area contributed by atoms with Gasteiger partial charge in [-0.25, -0.2) is 5.84 Å². The highest BCUT2D eigenvalue weighted by atomic mass is 16.5. The highest BCUT2D eigenvalue weighted by Crippen LogP contribution is 2.23. The lowest BCUT2D eigenvalue weighted by Crippen LogP contribution is -2.29. The van der Waals surface area contributed by atoms with Crippen LogP contribution in [0.3, 0.4) is 0 Å². The Kier molecular flexibility index (Phi) is 4.49. The standard InChI is InChI=1S/C15H19N3O3/c1-10-11(7-14(21-10)15(19)17-16)9-18(2)12-5-4-6-13(8-12)20-3/h4-8H,9,16H2,1-3H3,(H,17,19). The lowest BCUT2D eigenvalue weighted by molar-refractivity contribution is 0.0924. The first-order chi connectivity index (χ1) is 10.0. The predicted octanol–water partition coefficient (Wildman–Crippen LogP) is 1.84. The number of hydrogen-bond acceptors (Lipinski definition) is 5. The van der Waals surface area contributed by atoms with E-state index in [0.29, 0.717) is 12.3 Å². The molecule has 0 aliphatic heterocycles. The number of furan rings is 1. The van der Waals surface area contributed by atoms with Gasteiger partial charge in [0.15, 0.2) is 5.76 Å². The summed E-state index contributed by atoms with van der Waals surface area (Å²) < 4.78 is 10.6. The molecule has 2 rings (SSSR count). The van der Waals surface area contributed by atoms with Crippen molar-refractivity contribution in [1.82, 2.24) is 5.43 Å². The van der Waals surface area contributed by atoms with E-state index in [1.165, 1.54) is 0 Å². The molecule has 0 atom stereocenters. The molecular weight excluding hydrogens is 270 g/mol. The van der Waals surface area contributed by atoms with Gasteiger partial charge in [-0.15, -0.1) is 0 Å². The van der Waals surface area contributed by atoms with Gasteiger partial charge in [-0.05, 0) is 25.1 Å². The van der Waals surface area contributed by atoms with Crippen LogP contribution >= 0.6 is 0 Å². The summed E-state index contributed by atoms with van der Waals surface area (Å²) in [5, 5.41) is 0. The normalized spacial score (nSPS) is 10.3. The molecule has 21 heavy (non-hydrogen) atoms. The van der Waals surface area contributed by atoms with E-state index in [-0.39, 0.29) is 5.76 Å². The predicted molar refractivity (Wildman–Crippen MR) is 80.2 cm³/mol. The zero-order chi connectivity index (χ0) is 15.4. The molecule has 0 bridgehead atoms. The van der Waals surface area contributed by atoms with Gasteiger partial charge in [0.1, 0.15) is 11.5 Å². The summed E-state index contributed by atoms with van der Waals surface area (Å²) in [5.41, 5.74) is 4.00.